The fourth-order valence-corrected chi connectivity index (χ4v) is 7.23. The van der Waals surface area contributed by atoms with Gasteiger partial charge in [0.25, 0.3) is 5.69 Å². The maximum Gasteiger partial charge on any atom is 0.269 e. The first-order chi connectivity index (χ1) is 18.5. The van der Waals surface area contributed by atoms with Crippen molar-refractivity contribution in [1.29, 1.82) is 0 Å². The zero-order chi connectivity index (χ0) is 26.0. The van der Waals surface area contributed by atoms with Crippen LogP contribution in [0.15, 0.2) is 91.0 Å². The number of ketones is 1. The van der Waals surface area contributed by atoms with Gasteiger partial charge in [-0.05, 0) is 47.9 Å². The number of nitro benzene ring substituents is 1. The number of carbonyl (C=O) groups is 2. The van der Waals surface area contributed by atoms with Crippen molar-refractivity contribution < 1.29 is 14.5 Å². The summed E-state index contributed by atoms with van der Waals surface area (Å²) >= 11 is 0. The minimum atomic E-state index is -1.15. The smallest absolute Gasteiger partial charge is 0.269 e. The van der Waals surface area contributed by atoms with Gasteiger partial charge in [-0.3, -0.25) is 24.6 Å². The molecule has 188 valence electrons. The minimum Gasteiger partial charge on any atom is -0.324 e. The Kier molecular flexibility index (Phi) is 5.00. The molecular weight excluding hydrogens is 478 g/mol. The molecule has 3 unspecified atom stereocenters. The third-order valence-electron chi connectivity index (χ3n) is 8.71. The van der Waals surface area contributed by atoms with Gasteiger partial charge in [0, 0.05) is 40.9 Å². The van der Waals surface area contributed by atoms with Crippen LogP contribution in [0, 0.1) is 16.0 Å². The van der Waals surface area contributed by atoms with Crippen LogP contribution in [0.25, 0.3) is 10.8 Å². The Morgan fingerprint density at radius 2 is 1.68 bits per heavy atom. The molecule has 1 amide bonds. The zero-order valence-corrected chi connectivity index (χ0v) is 20.5. The largest absolute Gasteiger partial charge is 0.324 e. The first-order valence-corrected chi connectivity index (χ1v) is 13.0. The Balaban J connectivity index is 1.46. The number of anilines is 1. The Bertz CT molecular complexity index is 1630. The Labute approximate surface area is 219 Å². The van der Waals surface area contributed by atoms with E-state index in [1.165, 1.54) is 12.1 Å². The van der Waals surface area contributed by atoms with E-state index in [0.717, 1.165) is 40.4 Å². The number of non-ortho nitro benzene ring substituents is 1. The molecule has 0 aliphatic carbocycles. The lowest BCUT2D eigenvalue weighted by atomic mass is 9.68. The van der Waals surface area contributed by atoms with Crippen molar-refractivity contribution in [2.24, 2.45) is 5.92 Å². The Morgan fingerprint density at radius 3 is 2.47 bits per heavy atom. The number of amides is 1. The van der Waals surface area contributed by atoms with Crippen molar-refractivity contribution in [3.05, 3.63) is 118 Å². The second-order valence-electron chi connectivity index (χ2n) is 10.4. The second-order valence-corrected chi connectivity index (χ2v) is 10.4. The Hall–Kier alpha value is -4.36. The maximum atomic E-state index is 14.7. The fraction of sp³-hybridized carbons (Fsp3) is 0.226. The summed E-state index contributed by atoms with van der Waals surface area (Å²) in [6.45, 7) is 0.706. The van der Waals surface area contributed by atoms with E-state index in [1.54, 1.807) is 12.1 Å². The number of benzene rings is 4. The normalized spacial score (nSPS) is 25.9. The summed E-state index contributed by atoms with van der Waals surface area (Å²) in [5, 5.41) is 16.4. The van der Waals surface area contributed by atoms with Crippen LogP contribution < -0.4 is 5.32 Å². The molecular formula is C31H25N3O4. The van der Waals surface area contributed by atoms with Crippen LogP contribution >= 0.6 is 0 Å². The van der Waals surface area contributed by atoms with Crippen LogP contribution in [0.2, 0.25) is 0 Å². The summed E-state index contributed by atoms with van der Waals surface area (Å²) in [6.07, 6.45) is 1.77. The summed E-state index contributed by atoms with van der Waals surface area (Å²) in [7, 11) is 0. The zero-order valence-electron chi connectivity index (χ0n) is 20.5. The molecule has 3 aliphatic heterocycles. The molecule has 38 heavy (non-hydrogen) atoms. The van der Waals surface area contributed by atoms with E-state index >= 15 is 0 Å². The molecule has 0 saturated carbocycles. The number of para-hydroxylation sites is 1. The van der Waals surface area contributed by atoms with Crippen LogP contribution in [0.3, 0.4) is 0 Å². The van der Waals surface area contributed by atoms with E-state index in [-0.39, 0.29) is 29.3 Å². The van der Waals surface area contributed by atoms with Crippen LogP contribution in [-0.4, -0.2) is 34.1 Å². The standard InChI is InChI=1S/C31H25N3O4/c35-29(22-12-11-19-6-1-2-7-21(19)18-22)28-27(20-13-15-23(16-14-20)34(37)38)26-10-5-17-33(26)31(28)24-8-3-4-9-25(24)32-30(31)36/h1-4,6-9,11-16,18,26-28H,5,10,17H2,(H,32,36)/t26?,27?,28?,31-/m1/s1. The Morgan fingerprint density at radius 1 is 0.947 bits per heavy atom. The highest BCUT2D eigenvalue weighted by molar-refractivity contribution is 6.13. The highest BCUT2D eigenvalue weighted by Crippen LogP contribution is 2.61. The number of nitrogens with zero attached hydrogens (tertiary/aromatic N) is 2. The van der Waals surface area contributed by atoms with Gasteiger partial charge in [-0.2, -0.15) is 0 Å². The molecule has 7 nitrogen and oxygen atoms in total. The summed E-state index contributed by atoms with van der Waals surface area (Å²) in [5.74, 6) is -1.25. The van der Waals surface area contributed by atoms with E-state index in [1.807, 2.05) is 66.7 Å². The number of hydrogen-bond donors (Lipinski definition) is 1. The van der Waals surface area contributed by atoms with Crippen LogP contribution in [0.4, 0.5) is 11.4 Å². The highest BCUT2D eigenvalue weighted by atomic mass is 16.6. The predicted octanol–water partition coefficient (Wildman–Crippen LogP) is 5.66. The topological polar surface area (TPSA) is 92.5 Å². The van der Waals surface area contributed by atoms with Crippen LogP contribution in [0.1, 0.15) is 40.2 Å². The third kappa shape index (κ3) is 3.05. The number of nitro groups is 1. The lowest BCUT2D eigenvalue weighted by molar-refractivity contribution is -0.384. The van der Waals surface area contributed by atoms with Gasteiger partial charge in [-0.1, -0.05) is 66.7 Å². The van der Waals surface area contributed by atoms with Crippen LogP contribution in [-0.2, 0) is 10.3 Å². The van der Waals surface area contributed by atoms with Gasteiger partial charge in [-0.15, -0.1) is 0 Å². The SMILES string of the molecule is O=C(c1ccc2ccccc2c1)C1C(c2ccc([N+](=O)[O-])cc2)C2CCCN2[C@@]12C(=O)Nc1ccccc12. The summed E-state index contributed by atoms with van der Waals surface area (Å²) < 4.78 is 0. The van der Waals surface area contributed by atoms with Gasteiger partial charge in [0.1, 0.15) is 5.54 Å². The molecule has 0 radical (unpaired) electrons. The predicted molar refractivity (Wildman–Crippen MR) is 144 cm³/mol. The third-order valence-corrected chi connectivity index (χ3v) is 8.71. The van der Waals surface area contributed by atoms with Gasteiger partial charge < -0.3 is 5.32 Å². The first-order valence-electron chi connectivity index (χ1n) is 13.0. The maximum absolute atomic E-state index is 14.7. The van der Waals surface area contributed by atoms with Crippen LogP contribution in [0.5, 0.6) is 0 Å². The van der Waals surface area contributed by atoms with Gasteiger partial charge in [0.15, 0.2) is 5.78 Å². The van der Waals surface area contributed by atoms with E-state index in [2.05, 4.69) is 10.2 Å². The number of nitrogens with one attached hydrogen (secondary N) is 1. The average molecular weight is 504 g/mol. The van der Waals surface area contributed by atoms with E-state index in [0.29, 0.717) is 12.1 Å². The minimum absolute atomic E-state index is 0.00565. The van der Waals surface area contributed by atoms with Crippen molar-refractivity contribution >= 4 is 33.8 Å². The van der Waals surface area contributed by atoms with Crippen molar-refractivity contribution in [2.45, 2.75) is 30.3 Å². The van der Waals surface area contributed by atoms with Crippen molar-refractivity contribution in [1.82, 2.24) is 4.90 Å². The van der Waals surface area contributed by atoms with Gasteiger partial charge in [-0.25, -0.2) is 0 Å². The number of rotatable bonds is 4. The molecule has 0 bridgehead atoms. The summed E-state index contributed by atoms with van der Waals surface area (Å²) in [5.41, 5.74) is 1.85. The lowest BCUT2D eigenvalue weighted by Gasteiger charge is -2.37. The molecule has 0 aromatic heterocycles. The molecule has 3 heterocycles. The van der Waals surface area contributed by atoms with E-state index in [4.69, 9.17) is 0 Å². The fourth-order valence-electron chi connectivity index (χ4n) is 7.23. The molecule has 7 heteroatoms. The van der Waals surface area contributed by atoms with Crippen molar-refractivity contribution in [2.75, 3.05) is 11.9 Å². The molecule has 4 aromatic rings. The highest BCUT2D eigenvalue weighted by Gasteiger charge is 2.69. The molecule has 2 fully saturated rings. The summed E-state index contributed by atoms with van der Waals surface area (Å²) in [6, 6.07) is 27.8. The van der Waals surface area contributed by atoms with E-state index in [9.17, 15) is 19.7 Å². The number of Topliss-reactive ketones (excluding diaryl/α,β-unsaturated/α-hetero) is 1. The lowest BCUT2D eigenvalue weighted by Crippen LogP contribution is -2.52. The van der Waals surface area contributed by atoms with Gasteiger partial charge in [0.2, 0.25) is 5.91 Å². The average Bonchev–Trinajstić information content (AvgIpc) is 3.61. The monoisotopic (exact) mass is 503 g/mol. The van der Waals surface area contributed by atoms with Gasteiger partial charge >= 0.3 is 0 Å². The number of carbonyl (C=O) groups excluding carboxylic acids is 2. The van der Waals surface area contributed by atoms with E-state index < -0.39 is 16.4 Å². The number of hydrogen-bond acceptors (Lipinski definition) is 5. The molecule has 1 N–H and O–H groups in total. The second kappa shape index (κ2) is 8.33. The molecule has 4 aromatic carbocycles. The molecule has 7 rings (SSSR count). The molecule has 1 spiro atoms. The van der Waals surface area contributed by atoms with Gasteiger partial charge in [0.05, 0.1) is 10.8 Å². The van der Waals surface area contributed by atoms with Crippen molar-refractivity contribution in [3.8, 4) is 0 Å². The summed E-state index contributed by atoms with van der Waals surface area (Å²) in [4.78, 5) is 41.9. The van der Waals surface area contributed by atoms with Crippen molar-refractivity contribution in [3.63, 3.8) is 0 Å². The quantitative estimate of drug-likeness (QED) is 0.221. The molecule has 4 atom stereocenters. The number of fused-ring (bicyclic) bond motifs is 5. The molecule has 3 aliphatic rings. The molecule has 2 saturated heterocycles. The first kappa shape index (κ1) is 22.8.